The number of rotatable bonds is 8. The Hall–Kier alpha value is -3.05. The summed E-state index contributed by atoms with van der Waals surface area (Å²) in [5.74, 6) is -2.92. The van der Waals surface area contributed by atoms with Crippen LogP contribution in [0.15, 0.2) is 54.6 Å². The predicted octanol–water partition coefficient (Wildman–Crippen LogP) is 1.18. The average Bonchev–Trinajstić information content (AvgIpc) is 3.36. The Morgan fingerprint density at radius 3 is 2.50 bits per heavy atom. The molecule has 5 heterocycles. The maximum absolute atomic E-state index is 14.6. The van der Waals surface area contributed by atoms with E-state index >= 15 is 0 Å². The van der Waals surface area contributed by atoms with Crippen molar-refractivity contribution >= 4 is 17.8 Å². The van der Waals surface area contributed by atoms with E-state index in [0.29, 0.717) is 52.1 Å². The summed E-state index contributed by atoms with van der Waals surface area (Å²) in [5, 5.41) is 10.7. The summed E-state index contributed by atoms with van der Waals surface area (Å²) < 4.78 is 18.1. The molecule has 5 aliphatic rings. The normalized spacial score (nSPS) is 33.9. The minimum atomic E-state index is -1.37. The van der Waals surface area contributed by atoms with Gasteiger partial charge in [-0.05, 0) is 24.8 Å². The molecule has 0 bridgehead atoms. The molecule has 3 fully saturated rings. The molecule has 1 spiro atoms. The van der Waals surface area contributed by atoms with Crippen LogP contribution < -0.4 is 0 Å². The van der Waals surface area contributed by atoms with Gasteiger partial charge in [-0.25, -0.2) is 0 Å². The van der Waals surface area contributed by atoms with Gasteiger partial charge in [0.1, 0.15) is 23.2 Å². The third kappa shape index (κ3) is 4.88. The third-order valence-electron chi connectivity index (χ3n) is 9.63. The summed E-state index contributed by atoms with van der Waals surface area (Å²) in [6.45, 7) is 6.30. The highest BCUT2D eigenvalue weighted by molar-refractivity contribution is 5.99. The van der Waals surface area contributed by atoms with Gasteiger partial charge in [0.25, 0.3) is 0 Å². The van der Waals surface area contributed by atoms with Crippen molar-refractivity contribution in [2.75, 3.05) is 59.2 Å². The number of amides is 2. The van der Waals surface area contributed by atoms with E-state index < -0.39 is 41.1 Å². The van der Waals surface area contributed by atoms with Crippen molar-refractivity contribution in [1.82, 2.24) is 14.7 Å². The van der Waals surface area contributed by atoms with E-state index in [4.69, 9.17) is 14.2 Å². The monoisotopic (exact) mass is 579 g/mol. The molecule has 0 radical (unpaired) electrons. The van der Waals surface area contributed by atoms with Crippen molar-refractivity contribution in [2.45, 2.75) is 49.5 Å². The lowest BCUT2D eigenvalue weighted by Crippen LogP contribution is -2.59. The number of carbonyl (C=O) groups is 3. The molecular formula is C32H41N3O7. The number of morpholine rings is 1. The van der Waals surface area contributed by atoms with E-state index in [0.717, 1.165) is 18.7 Å². The molecule has 0 aliphatic carbocycles. The molecule has 1 unspecified atom stereocenters. The molecule has 5 aliphatic heterocycles. The number of benzene rings is 1. The number of hydrogen-bond donors (Lipinski definition) is 1. The minimum Gasteiger partial charge on any atom is -0.465 e. The summed E-state index contributed by atoms with van der Waals surface area (Å²) in [7, 11) is 0. The lowest BCUT2D eigenvalue weighted by atomic mass is 9.73. The fourth-order valence-electron chi connectivity index (χ4n) is 7.53. The molecular weight excluding hydrogens is 538 g/mol. The number of carbonyl (C=O) groups excluding carboxylic acids is 3. The van der Waals surface area contributed by atoms with E-state index in [1.165, 1.54) is 4.90 Å². The number of aliphatic hydroxyl groups is 1. The lowest BCUT2D eigenvalue weighted by Gasteiger charge is -2.41. The molecule has 10 nitrogen and oxygen atoms in total. The first-order valence-corrected chi connectivity index (χ1v) is 15.2. The zero-order chi connectivity index (χ0) is 29.3. The molecule has 226 valence electrons. The smallest absolute Gasteiger partial charge is 0.313 e. The Morgan fingerprint density at radius 1 is 0.976 bits per heavy atom. The number of hydrogen-bond acceptors (Lipinski definition) is 8. The van der Waals surface area contributed by atoms with Crippen LogP contribution in [0.5, 0.6) is 0 Å². The average molecular weight is 580 g/mol. The van der Waals surface area contributed by atoms with Crippen molar-refractivity contribution in [3.8, 4) is 0 Å². The van der Waals surface area contributed by atoms with Crippen molar-refractivity contribution in [2.24, 2.45) is 11.8 Å². The second-order valence-corrected chi connectivity index (χ2v) is 11.9. The molecule has 42 heavy (non-hydrogen) atoms. The van der Waals surface area contributed by atoms with Crippen LogP contribution in [0.4, 0.5) is 0 Å². The second-order valence-electron chi connectivity index (χ2n) is 11.9. The highest BCUT2D eigenvalue weighted by Gasteiger charge is 2.75. The molecule has 0 saturated carbocycles. The number of likely N-dealkylation sites (tertiary alicyclic amines) is 1. The van der Waals surface area contributed by atoms with Gasteiger partial charge in [-0.3, -0.25) is 19.3 Å². The lowest BCUT2D eigenvalue weighted by molar-refractivity contribution is -0.163. The fraction of sp³-hybridized carbons (Fsp3) is 0.594. The van der Waals surface area contributed by atoms with Gasteiger partial charge in [-0.1, -0.05) is 61.6 Å². The Labute approximate surface area is 246 Å². The van der Waals surface area contributed by atoms with E-state index in [2.05, 4.69) is 4.90 Å². The van der Waals surface area contributed by atoms with Gasteiger partial charge in [0.2, 0.25) is 11.8 Å². The van der Waals surface area contributed by atoms with Gasteiger partial charge in [-0.2, -0.15) is 0 Å². The maximum atomic E-state index is 14.6. The van der Waals surface area contributed by atoms with Gasteiger partial charge in [0.15, 0.2) is 0 Å². The third-order valence-corrected chi connectivity index (χ3v) is 9.63. The first-order chi connectivity index (χ1) is 20.4. The largest absolute Gasteiger partial charge is 0.465 e. The van der Waals surface area contributed by atoms with Crippen LogP contribution in [0.2, 0.25) is 0 Å². The first kappa shape index (κ1) is 29.0. The summed E-state index contributed by atoms with van der Waals surface area (Å²) in [6.07, 6.45) is 8.97. The zero-order valence-corrected chi connectivity index (χ0v) is 24.2. The van der Waals surface area contributed by atoms with E-state index in [-0.39, 0.29) is 25.0 Å². The summed E-state index contributed by atoms with van der Waals surface area (Å²) in [5.41, 5.74) is -1.52. The molecule has 0 aromatic heterocycles. The Kier molecular flexibility index (Phi) is 8.24. The first-order valence-electron chi connectivity index (χ1n) is 15.2. The van der Waals surface area contributed by atoms with Gasteiger partial charge in [0.05, 0.1) is 38.4 Å². The van der Waals surface area contributed by atoms with Crippen molar-refractivity contribution in [3.05, 3.63) is 60.2 Å². The van der Waals surface area contributed by atoms with Crippen LogP contribution in [0.25, 0.3) is 0 Å². The topological polar surface area (TPSA) is 109 Å². The molecule has 6 atom stereocenters. The van der Waals surface area contributed by atoms with Crippen molar-refractivity contribution in [3.63, 3.8) is 0 Å². The van der Waals surface area contributed by atoms with E-state index in [9.17, 15) is 19.5 Å². The Balaban J connectivity index is 1.41. The van der Waals surface area contributed by atoms with Gasteiger partial charge >= 0.3 is 5.97 Å². The number of aliphatic hydroxyl groups excluding tert-OH is 1. The van der Waals surface area contributed by atoms with E-state index in [1.54, 1.807) is 4.90 Å². The highest BCUT2D eigenvalue weighted by Crippen LogP contribution is 2.58. The second kappa shape index (κ2) is 11.9. The molecule has 6 rings (SSSR count). The maximum Gasteiger partial charge on any atom is 0.313 e. The van der Waals surface area contributed by atoms with Crippen LogP contribution in [0.1, 0.15) is 25.3 Å². The SMILES string of the molecule is CC[C@@]12C=CCCOC(=O)[C@@H]1[C@H]1C(=O)N([C@@H](CO)Cc3ccccc3)C3C(=O)N(CCN4CCOCC4)CC=C[C@@]31O2. The molecule has 1 aromatic rings. The highest BCUT2D eigenvalue weighted by atomic mass is 16.6. The molecule has 3 saturated heterocycles. The predicted molar refractivity (Wildman–Crippen MR) is 153 cm³/mol. The Bertz CT molecular complexity index is 1230. The van der Waals surface area contributed by atoms with Crippen molar-refractivity contribution < 1.29 is 33.7 Å². The van der Waals surface area contributed by atoms with Crippen molar-refractivity contribution in [1.29, 1.82) is 0 Å². The van der Waals surface area contributed by atoms with Crippen LogP contribution in [-0.4, -0.2) is 120 Å². The quantitative estimate of drug-likeness (QED) is 0.362. The number of esters is 1. The fourth-order valence-corrected chi connectivity index (χ4v) is 7.53. The number of ether oxygens (including phenoxy) is 3. The van der Waals surface area contributed by atoms with Gasteiger partial charge < -0.3 is 29.1 Å². The number of nitrogens with zero attached hydrogens (tertiary/aromatic N) is 3. The van der Waals surface area contributed by atoms with Crippen LogP contribution in [-0.2, 0) is 35.0 Å². The molecule has 1 N–H and O–H groups in total. The minimum absolute atomic E-state index is 0.226. The molecule has 2 amide bonds. The van der Waals surface area contributed by atoms with E-state index in [1.807, 2.05) is 61.6 Å². The van der Waals surface area contributed by atoms with Gasteiger partial charge in [-0.15, -0.1) is 0 Å². The summed E-state index contributed by atoms with van der Waals surface area (Å²) in [4.78, 5) is 48.5. The van der Waals surface area contributed by atoms with Crippen LogP contribution in [0, 0.1) is 11.8 Å². The van der Waals surface area contributed by atoms with Crippen LogP contribution >= 0.6 is 0 Å². The Morgan fingerprint density at radius 2 is 1.76 bits per heavy atom. The zero-order valence-electron chi connectivity index (χ0n) is 24.2. The molecule has 10 heteroatoms. The van der Waals surface area contributed by atoms with Gasteiger partial charge in [0, 0.05) is 32.7 Å². The van der Waals surface area contributed by atoms with Crippen LogP contribution in [0.3, 0.4) is 0 Å². The standard InChI is InChI=1S/C32H41N3O7/c1-2-31-11-6-7-18-41-30(39)26(31)25-28(37)35(24(22-36)21-23-9-4-3-5-10-23)27-29(38)34(13-8-12-32(25,27)42-31)15-14-33-16-19-40-20-17-33/h3-6,8-12,24-27,36H,2,7,13-22H2,1H3/t24-,25+,26+,27?,31-,32+/m1/s1. The summed E-state index contributed by atoms with van der Waals surface area (Å²) in [6, 6.07) is 7.91. The summed E-state index contributed by atoms with van der Waals surface area (Å²) >= 11 is 0. The number of fused-ring (bicyclic) bond motifs is 2. The number of cyclic esters (lactones) is 1. The molecule has 1 aromatic carbocycles.